The smallest absolute Gasteiger partial charge is 0.277 e. The molecule has 0 spiro atoms. The van der Waals surface area contributed by atoms with E-state index < -0.39 is 0 Å². The van der Waals surface area contributed by atoms with Gasteiger partial charge in [0.25, 0.3) is 5.22 Å². The number of hydrogen-bond acceptors (Lipinski definition) is 8. The molecule has 9 heteroatoms. The van der Waals surface area contributed by atoms with Crippen molar-refractivity contribution in [3.63, 3.8) is 0 Å². The highest BCUT2D eigenvalue weighted by molar-refractivity contribution is 7.99. The molecule has 3 aromatic rings. The number of amides is 1. The number of thioether (sulfide) groups is 1. The summed E-state index contributed by atoms with van der Waals surface area (Å²) in [6.45, 7) is 0. The summed E-state index contributed by atoms with van der Waals surface area (Å²) in [4.78, 5) is 16.5. The van der Waals surface area contributed by atoms with Gasteiger partial charge in [-0.05, 0) is 25.0 Å². The average molecular weight is 416 g/mol. The molecule has 0 aliphatic heterocycles. The number of nitrogens with one attached hydrogen (secondary N) is 2. The van der Waals surface area contributed by atoms with E-state index in [0.29, 0.717) is 29.3 Å². The van der Waals surface area contributed by atoms with Gasteiger partial charge in [0.15, 0.2) is 5.13 Å². The largest absolute Gasteiger partial charge is 0.416 e. The quantitative estimate of drug-likeness (QED) is 0.537. The highest BCUT2D eigenvalue weighted by Crippen LogP contribution is 2.23. The van der Waals surface area contributed by atoms with Gasteiger partial charge in [-0.3, -0.25) is 4.79 Å². The zero-order chi connectivity index (χ0) is 19.2. The molecule has 1 aliphatic carbocycles. The first-order chi connectivity index (χ1) is 13.7. The van der Waals surface area contributed by atoms with Crippen molar-refractivity contribution in [2.45, 2.75) is 43.4 Å². The lowest BCUT2D eigenvalue weighted by molar-refractivity contribution is -0.119. The molecule has 2 N–H and O–H groups in total. The van der Waals surface area contributed by atoms with Crippen LogP contribution in [0.1, 0.15) is 37.3 Å². The average Bonchev–Trinajstić information content (AvgIpc) is 3.45. The van der Waals surface area contributed by atoms with Crippen LogP contribution in [0.3, 0.4) is 0 Å². The van der Waals surface area contributed by atoms with Crippen LogP contribution in [-0.2, 0) is 11.2 Å². The fraction of sp³-hybridized carbons (Fsp3) is 0.368. The molecule has 1 saturated carbocycles. The van der Waals surface area contributed by atoms with Gasteiger partial charge in [0.2, 0.25) is 11.8 Å². The third kappa shape index (κ3) is 5.32. The summed E-state index contributed by atoms with van der Waals surface area (Å²) in [6, 6.07) is 10.2. The number of thiazole rings is 1. The molecule has 2 heterocycles. The number of benzene rings is 1. The predicted molar refractivity (Wildman–Crippen MR) is 110 cm³/mol. The minimum absolute atomic E-state index is 0.0211. The molecule has 0 bridgehead atoms. The second-order valence-electron chi connectivity index (χ2n) is 6.61. The van der Waals surface area contributed by atoms with Gasteiger partial charge in [-0.1, -0.05) is 42.8 Å². The first kappa shape index (κ1) is 18.9. The Morgan fingerprint density at radius 3 is 2.86 bits per heavy atom. The van der Waals surface area contributed by atoms with E-state index in [9.17, 15) is 4.79 Å². The van der Waals surface area contributed by atoms with E-state index in [-0.39, 0.29) is 5.91 Å². The van der Waals surface area contributed by atoms with Gasteiger partial charge in [0.05, 0.1) is 17.9 Å². The summed E-state index contributed by atoms with van der Waals surface area (Å²) < 4.78 is 5.64. The molecule has 0 radical (unpaired) electrons. The fourth-order valence-electron chi connectivity index (χ4n) is 3.08. The molecule has 0 unspecified atom stereocenters. The Bertz CT molecular complexity index is 906. The number of carbonyl (C=O) groups excluding carboxylic acids is 1. The molecule has 1 aliphatic rings. The summed E-state index contributed by atoms with van der Waals surface area (Å²) in [5.74, 6) is 0.808. The molecule has 4 rings (SSSR count). The maximum Gasteiger partial charge on any atom is 0.277 e. The molecule has 146 valence electrons. The molecule has 1 aromatic carbocycles. The van der Waals surface area contributed by atoms with Crippen LogP contribution in [0.5, 0.6) is 0 Å². The molecular weight excluding hydrogens is 394 g/mol. The maximum absolute atomic E-state index is 12.0. The van der Waals surface area contributed by atoms with Crippen molar-refractivity contribution in [1.29, 1.82) is 0 Å². The summed E-state index contributed by atoms with van der Waals surface area (Å²) in [5.41, 5.74) is 1.86. The van der Waals surface area contributed by atoms with E-state index in [1.807, 2.05) is 35.7 Å². The van der Waals surface area contributed by atoms with Crippen LogP contribution in [-0.4, -0.2) is 32.9 Å². The Labute approximate surface area is 171 Å². The van der Waals surface area contributed by atoms with Crippen molar-refractivity contribution < 1.29 is 9.21 Å². The van der Waals surface area contributed by atoms with Gasteiger partial charge in [0.1, 0.15) is 0 Å². The number of carbonyl (C=O) groups is 1. The van der Waals surface area contributed by atoms with E-state index >= 15 is 0 Å². The Morgan fingerprint density at radius 1 is 1.21 bits per heavy atom. The van der Waals surface area contributed by atoms with Crippen molar-refractivity contribution >= 4 is 39.8 Å². The molecule has 1 amide bonds. The highest BCUT2D eigenvalue weighted by atomic mass is 32.2. The summed E-state index contributed by atoms with van der Waals surface area (Å²) >= 11 is 2.80. The molecule has 0 saturated heterocycles. The van der Waals surface area contributed by atoms with Crippen LogP contribution >= 0.6 is 23.1 Å². The van der Waals surface area contributed by atoms with Crippen LogP contribution in [0.25, 0.3) is 0 Å². The monoisotopic (exact) mass is 415 g/mol. The van der Waals surface area contributed by atoms with Crippen LogP contribution in [0, 0.1) is 0 Å². The van der Waals surface area contributed by atoms with E-state index in [2.05, 4.69) is 25.8 Å². The molecule has 7 nitrogen and oxygen atoms in total. The predicted octanol–water partition coefficient (Wildman–Crippen LogP) is 4.01. The lowest BCUT2D eigenvalue weighted by Crippen LogP contribution is -2.33. The Morgan fingerprint density at radius 2 is 2.04 bits per heavy atom. The zero-order valence-electron chi connectivity index (χ0n) is 15.3. The van der Waals surface area contributed by atoms with Crippen LogP contribution in [0.15, 0.2) is 45.4 Å². The Balaban J connectivity index is 1.26. The maximum atomic E-state index is 12.0. The van der Waals surface area contributed by atoms with Crippen LogP contribution in [0.2, 0.25) is 0 Å². The number of anilines is 2. The molecule has 1 fully saturated rings. The Hall–Kier alpha value is -2.39. The minimum Gasteiger partial charge on any atom is -0.416 e. The second-order valence-corrected chi connectivity index (χ2v) is 8.40. The minimum atomic E-state index is 0.0211. The molecule has 2 aromatic heterocycles. The van der Waals surface area contributed by atoms with Crippen LogP contribution in [0.4, 0.5) is 10.8 Å². The topological polar surface area (TPSA) is 92.9 Å². The van der Waals surface area contributed by atoms with Gasteiger partial charge < -0.3 is 15.1 Å². The van der Waals surface area contributed by atoms with Crippen LogP contribution < -0.4 is 10.6 Å². The van der Waals surface area contributed by atoms with Crippen molar-refractivity contribution in [2.75, 3.05) is 11.1 Å². The van der Waals surface area contributed by atoms with Crippen molar-refractivity contribution in [1.82, 2.24) is 20.5 Å². The third-order valence-corrected chi connectivity index (χ3v) is 6.03. The third-order valence-electron chi connectivity index (χ3n) is 4.40. The Kier molecular flexibility index (Phi) is 6.23. The standard InChI is InChI=1S/C19H21N5O2S2/c25-16(20-13-8-4-5-9-13)12-28-19-24-23-17(26-19)10-15-11-27-18(22-15)21-14-6-2-1-3-7-14/h1-3,6-7,11,13H,4-5,8-10,12H2,(H,20,25)(H,21,22). The van der Waals surface area contributed by atoms with Gasteiger partial charge in [-0.25, -0.2) is 4.98 Å². The number of para-hydroxylation sites is 1. The normalized spacial score (nSPS) is 14.3. The lowest BCUT2D eigenvalue weighted by Gasteiger charge is -2.10. The van der Waals surface area contributed by atoms with E-state index in [1.165, 1.54) is 35.9 Å². The lowest BCUT2D eigenvalue weighted by atomic mass is 10.2. The van der Waals surface area contributed by atoms with Gasteiger partial charge in [-0.2, -0.15) is 0 Å². The summed E-state index contributed by atoms with van der Waals surface area (Å²) in [7, 11) is 0. The summed E-state index contributed by atoms with van der Waals surface area (Å²) in [5, 5.41) is 17.6. The van der Waals surface area contributed by atoms with Gasteiger partial charge in [0, 0.05) is 17.1 Å². The van der Waals surface area contributed by atoms with Crippen molar-refractivity contribution in [2.24, 2.45) is 0 Å². The highest BCUT2D eigenvalue weighted by Gasteiger charge is 2.18. The van der Waals surface area contributed by atoms with Gasteiger partial charge >= 0.3 is 0 Å². The summed E-state index contributed by atoms with van der Waals surface area (Å²) in [6.07, 6.45) is 5.02. The first-order valence-electron chi connectivity index (χ1n) is 9.25. The fourth-order valence-corrected chi connectivity index (χ4v) is 4.40. The molecular formula is C19H21N5O2S2. The first-order valence-corrected chi connectivity index (χ1v) is 11.1. The van der Waals surface area contributed by atoms with Crippen molar-refractivity contribution in [3.8, 4) is 0 Å². The second kappa shape index (κ2) is 9.20. The van der Waals surface area contributed by atoms with Gasteiger partial charge in [-0.15, -0.1) is 21.5 Å². The number of hydrogen-bond donors (Lipinski definition) is 2. The SMILES string of the molecule is O=C(CSc1nnc(Cc2csc(Nc3ccccc3)n2)o1)NC1CCCC1. The van der Waals surface area contributed by atoms with E-state index in [4.69, 9.17) is 4.42 Å². The number of rotatable bonds is 8. The molecule has 0 atom stereocenters. The molecule has 28 heavy (non-hydrogen) atoms. The number of nitrogens with zero attached hydrogens (tertiary/aromatic N) is 3. The van der Waals surface area contributed by atoms with E-state index in [0.717, 1.165) is 29.4 Å². The zero-order valence-corrected chi connectivity index (χ0v) is 16.9. The number of aromatic nitrogens is 3. The van der Waals surface area contributed by atoms with E-state index in [1.54, 1.807) is 0 Å². The van der Waals surface area contributed by atoms with Crippen molar-refractivity contribution in [3.05, 3.63) is 47.3 Å².